The second kappa shape index (κ2) is 5.90. The van der Waals surface area contributed by atoms with E-state index in [-0.39, 0.29) is 10.9 Å². The van der Waals surface area contributed by atoms with Crippen molar-refractivity contribution in [3.8, 4) is 0 Å². The molecular formula is C16H23N5OS. The maximum Gasteiger partial charge on any atom is 0.188 e. The molecule has 4 heterocycles. The van der Waals surface area contributed by atoms with Crippen LogP contribution < -0.4 is 15.3 Å². The van der Waals surface area contributed by atoms with Gasteiger partial charge in [-0.1, -0.05) is 18.3 Å². The van der Waals surface area contributed by atoms with Crippen molar-refractivity contribution in [1.29, 1.82) is 0 Å². The van der Waals surface area contributed by atoms with Crippen molar-refractivity contribution in [1.82, 2.24) is 20.2 Å². The first-order chi connectivity index (χ1) is 11.2. The summed E-state index contributed by atoms with van der Waals surface area (Å²) in [6.07, 6.45) is 4.05. The van der Waals surface area contributed by atoms with Gasteiger partial charge in [0.25, 0.3) is 0 Å². The van der Waals surface area contributed by atoms with Crippen molar-refractivity contribution in [3.63, 3.8) is 0 Å². The summed E-state index contributed by atoms with van der Waals surface area (Å²) >= 11 is 1.56. The molecule has 2 unspecified atom stereocenters. The van der Waals surface area contributed by atoms with Crippen molar-refractivity contribution < 1.29 is 0 Å². The standard InChI is InChI=1S/C16H23N5OS/c1-2-17-16-18-9-12-10-21(22,14-6-4-8-23-14)11-13-5-3-7-20(13)15(12)19-16/h4,6,8-9,13,16-17,19H,2-3,5,7,10-11H2,1H3/t13?,16-,21?/m0/s1. The second-order valence-electron chi connectivity index (χ2n) is 6.43. The van der Waals surface area contributed by atoms with Gasteiger partial charge in [-0.25, -0.2) is 0 Å². The van der Waals surface area contributed by atoms with E-state index in [2.05, 4.69) is 27.4 Å². The highest BCUT2D eigenvalue weighted by Crippen LogP contribution is 2.36. The molecule has 1 saturated heterocycles. The van der Waals surface area contributed by atoms with Crippen molar-refractivity contribution in [3.05, 3.63) is 34.1 Å². The third kappa shape index (κ3) is 2.67. The molecule has 3 aliphatic rings. The van der Waals surface area contributed by atoms with Crippen LogP contribution in [0.5, 0.6) is 0 Å². The molecule has 7 heteroatoms. The summed E-state index contributed by atoms with van der Waals surface area (Å²) in [5.41, 5.74) is 1.03. The minimum absolute atomic E-state index is 0.0895. The Bertz CT molecular complexity index is 628. The first-order valence-electron chi connectivity index (χ1n) is 8.34. The number of quaternary nitrogens is 1. The van der Waals surface area contributed by atoms with Crippen LogP contribution >= 0.6 is 11.3 Å². The van der Waals surface area contributed by atoms with Crippen molar-refractivity contribution in [2.45, 2.75) is 32.1 Å². The Labute approximate surface area is 140 Å². The summed E-state index contributed by atoms with van der Waals surface area (Å²) in [6, 6.07) is 4.25. The Hall–Kier alpha value is -1.41. The predicted molar refractivity (Wildman–Crippen MR) is 95.1 cm³/mol. The average molecular weight is 333 g/mol. The van der Waals surface area contributed by atoms with E-state index >= 15 is 0 Å². The second-order valence-corrected chi connectivity index (χ2v) is 7.35. The normalized spacial score (nSPS) is 33.2. The van der Waals surface area contributed by atoms with Gasteiger partial charge in [0.2, 0.25) is 0 Å². The zero-order chi connectivity index (χ0) is 15.9. The lowest BCUT2D eigenvalue weighted by atomic mass is 10.2. The Morgan fingerprint density at radius 3 is 3.26 bits per heavy atom. The van der Waals surface area contributed by atoms with Gasteiger partial charge < -0.3 is 20.1 Å². The van der Waals surface area contributed by atoms with E-state index in [1.165, 1.54) is 0 Å². The molecule has 1 aromatic heterocycles. The van der Waals surface area contributed by atoms with Gasteiger partial charge in [0, 0.05) is 18.8 Å². The summed E-state index contributed by atoms with van der Waals surface area (Å²) < 4.78 is -0.267. The van der Waals surface area contributed by atoms with Gasteiger partial charge in [0.15, 0.2) is 11.3 Å². The lowest BCUT2D eigenvalue weighted by Gasteiger charge is -2.41. The van der Waals surface area contributed by atoms with Crippen LogP contribution in [0.4, 0.5) is 5.00 Å². The fraction of sp³-hybridized carbons (Fsp3) is 0.562. The van der Waals surface area contributed by atoms with Gasteiger partial charge >= 0.3 is 0 Å². The fourth-order valence-electron chi connectivity index (χ4n) is 3.83. The molecule has 1 aromatic rings. The van der Waals surface area contributed by atoms with E-state index in [4.69, 9.17) is 0 Å². The number of thiophene rings is 1. The van der Waals surface area contributed by atoms with Crippen molar-refractivity contribution in [2.75, 3.05) is 26.2 Å². The van der Waals surface area contributed by atoms with Gasteiger partial charge in [-0.3, -0.25) is 10.3 Å². The molecule has 0 saturated carbocycles. The number of hydrogen-bond acceptors (Lipinski definition) is 6. The molecule has 0 spiro atoms. The van der Waals surface area contributed by atoms with E-state index in [1.807, 2.05) is 23.7 Å². The van der Waals surface area contributed by atoms with E-state index in [9.17, 15) is 5.21 Å². The minimum atomic E-state index is -0.267. The zero-order valence-corrected chi connectivity index (χ0v) is 14.2. The molecule has 3 atom stereocenters. The number of aliphatic imine (C=N–C) groups is 1. The highest BCUT2D eigenvalue weighted by Gasteiger charge is 2.40. The van der Waals surface area contributed by atoms with Gasteiger partial charge in [-0.15, -0.1) is 0 Å². The molecule has 23 heavy (non-hydrogen) atoms. The molecule has 0 aromatic carbocycles. The van der Waals surface area contributed by atoms with E-state index in [1.54, 1.807) is 11.3 Å². The first kappa shape index (κ1) is 15.1. The number of nitrogens with one attached hydrogen (secondary N) is 2. The predicted octanol–water partition coefficient (Wildman–Crippen LogP) is 1.81. The number of hydrogen-bond donors (Lipinski definition) is 2. The van der Waals surface area contributed by atoms with E-state index in [0.29, 0.717) is 19.1 Å². The maximum atomic E-state index is 13.6. The summed E-state index contributed by atoms with van der Waals surface area (Å²) in [5.74, 6) is 1.11. The van der Waals surface area contributed by atoms with Crippen LogP contribution in [0.1, 0.15) is 19.8 Å². The average Bonchev–Trinajstić information content (AvgIpc) is 3.19. The van der Waals surface area contributed by atoms with Crippen LogP contribution in [0.2, 0.25) is 0 Å². The molecule has 1 fully saturated rings. The van der Waals surface area contributed by atoms with E-state index in [0.717, 1.165) is 42.3 Å². The molecule has 124 valence electrons. The number of rotatable bonds is 3. The third-order valence-corrected chi connectivity index (χ3v) is 5.86. The molecule has 2 N–H and O–H groups in total. The van der Waals surface area contributed by atoms with Crippen LogP contribution in [0.25, 0.3) is 0 Å². The maximum absolute atomic E-state index is 13.6. The highest BCUT2D eigenvalue weighted by atomic mass is 32.1. The molecule has 0 bridgehead atoms. The van der Waals surface area contributed by atoms with Crippen LogP contribution in [-0.4, -0.2) is 49.6 Å². The van der Waals surface area contributed by atoms with Crippen LogP contribution in [0.15, 0.2) is 33.9 Å². The lowest BCUT2D eigenvalue weighted by molar-refractivity contribution is 0.251. The first-order valence-corrected chi connectivity index (χ1v) is 9.22. The quantitative estimate of drug-likeness (QED) is 0.654. The SMILES string of the molecule is CCN[C@H]1N=CC2=C(N1)N1CCCC1C[N+]([O-])(c1cccs1)C2. The summed E-state index contributed by atoms with van der Waals surface area (Å²) in [6.45, 7) is 5.03. The van der Waals surface area contributed by atoms with E-state index < -0.39 is 0 Å². The van der Waals surface area contributed by atoms with Crippen molar-refractivity contribution in [2.24, 2.45) is 4.99 Å². The van der Waals surface area contributed by atoms with Crippen LogP contribution in [-0.2, 0) is 0 Å². The molecule has 0 amide bonds. The van der Waals surface area contributed by atoms with Gasteiger partial charge in [0.05, 0.1) is 11.6 Å². The fourth-order valence-corrected chi connectivity index (χ4v) is 4.62. The molecule has 3 aliphatic heterocycles. The third-order valence-electron chi connectivity index (χ3n) is 4.86. The van der Waals surface area contributed by atoms with Crippen LogP contribution in [0, 0.1) is 5.21 Å². The smallest absolute Gasteiger partial charge is 0.188 e. The van der Waals surface area contributed by atoms with Gasteiger partial charge in [-0.2, -0.15) is 0 Å². The Balaban J connectivity index is 1.70. The van der Waals surface area contributed by atoms with Crippen molar-refractivity contribution >= 4 is 22.6 Å². The molecule has 0 radical (unpaired) electrons. The Kier molecular flexibility index (Phi) is 3.88. The Morgan fingerprint density at radius 1 is 1.57 bits per heavy atom. The van der Waals surface area contributed by atoms with Gasteiger partial charge in [0.1, 0.15) is 18.9 Å². The largest absolute Gasteiger partial charge is 0.626 e. The molecule has 6 nitrogen and oxygen atoms in total. The monoisotopic (exact) mass is 333 g/mol. The number of nitrogens with zero attached hydrogens (tertiary/aromatic N) is 3. The molecule has 4 rings (SSSR count). The topological polar surface area (TPSA) is 62.7 Å². The highest BCUT2D eigenvalue weighted by molar-refractivity contribution is 7.13. The summed E-state index contributed by atoms with van der Waals surface area (Å²) in [5, 5.41) is 23.3. The summed E-state index contributed by atoms with van der Waals surface area (Å²) in [7, 11) is 0. The lowest BCUT2D eigenvalue weighted by Crippen LogP contribution is -2.50. The zero-order valence-electron chi connectivity index (χ0n) is 13.4. The molecular weight excluding hydrogens is 310 g/mol. The van der Waals surface area contributed by atoms with Gasteiger partial charge in [-0.05, 0) is 30.8 Å². The number of hydroxylamine groups is 2. The van der Waals surface area contributed by atoms with Crippen LogP contribution in [0.3, 0.4) is 0 Å². The summed E-state index contributed by atoms with van der Waals surface area (Å²) in [4.78, 5) is 6.93. The minimum Gasteiger partial charge on any atom is -0.626 e. The Morgan fingerprint density at radius 2 is 2.48 bits per heavy atom. The molecule has 0 aliphatic carbocycles. The number of fused-ring (bicyclic) bond motifs is 2.